The summed E-state index contributed by atoms with van der Waals surface area (Å²) in [5, 5.41) is 12.2. The van der Waals surface area contributed by atoms with E-state index < -0.39 is 0 Å². The number of nitrogens with zero attached hydrogens (tertiary/aromatic N) is 1. The van der Waals surface area contributed by atoms with Crippen molar-refractivity contribution in [2.45, 2.75) is 57.7 Å². The van der Waals surface area contributed by atoms with Crippen LogP contribution in [0, 0.1) is 6.92 Å². The summed E-state index contributed by atoms with van der Waals surface area (Å²) < 4.78 is 2.61. The first kappa shape index (κ1) is 16.8. The second-order valence-corrected chi connectivity index (χ2v) is 8.91. The fourth-order valence-corrected chi connectivity index (χ4v) is 5.94. The fraction of sp³-hybridized carbons (Fsp3) is 0.636. The molecule has 2 aromatic rings. The Balaban J connectivity index is 1.42. The number of nitrogens with one attached hydrogen (secondary N) is 2. The maximum absolute atomic E-state index is 10.7. The van der Waals surface area contributed by atoms with Crippen LogP contribution in [0.1, 0.15) is 48.5 Å². The van der Waals surface area contributed by atoms with Crippen LogP contribution in [0.5, 0.6) is 0 Å². The van der Waals surface area contributed by atoms with E-state index in [0.29, 0.717) is 6.04 Å². The largest absolute Gasteiger partial charge is 0.382 e. The molecule has 5 rings (SSSR count). The van der Waals surface area contributed by atoms with Gasteiger partial charge in [0.25, 0.3) is 0 Å². The molecule has 3 N–H and O–H groups in total. The summed E-state index contributed by atoms with van der Waals surface area (Å²) in [7, 11) is 0. The molecule has 0 spiro atoms. The number of fused-ring (bicyclic) bond motifs is 3. The van der Waals surface area contributed by atoms with Crippen LogP contribution in [0.2, 0.25) is 0 Å². The molecule has 3 aliphatic rings. The van der Waals surface area contributed by atoms with Crippen LogP contribution in [0.3, 0.4) is 0 Å². The number of aromatic nitrogens is 1. The Morgan fingerprint density at radius 2 is 2.00 bits per heavy atom. The summed E-state index contributed by atoms with van der Waals surface area (Å²) in [6.07, 6.45) is 6.32. The maximum atomic E-state index is 10.7. The Kier molecular flexibility index (Phi) is 4.30. The highest BCUT2D eigenvalue weighted by Gasteiger charge is 2.38. The Labute approximate surface area is 156 Å². The second kappa shape index (κ2) is 6.66. The van der Waals surface area contributed by atoms with Gasteiger partial charge in [-0.25, -0.2) is 0 Å². The Bertz CT molecular complexity index is 805. The molecule has 0 bridgehead atoms. The van der Waals surface area contributed by atoms with E-state index in [1.54, 1.807) is 21.1 Å². The minimum Gasteiger partial charge on any atom is -0.382 e. The fourth-order valence-electron chi connectivity index (χ4n) is 5.94. The van der Waals surface area contributed by atoms with E-state index in [0.717, 1.165) is 26.2 Å². The predicted octanol–water partition coefficient (Wildman–Crippen LogP) is 0.265. The Morgan fingerprint density at radius 3 is 2.85 bits per heavy atom. The molecule has 2 aliphatic heterocycles. The van der Waals surface area contributed by atoms with Crippen molar-refractivity contribution in [2.75, 3.05) is 32.7 Å². The van der Waals surface area contributed by atoms with E-state index in [9.17, 15) is 5.11 Å². The lowest BCUT2D eigenvalue weighted by Crippen LogP contribution is -3.17. The van der Waals surface area contributed by atoms with Gasteiger partial charge in [0, 0.05) is 30.2 Å². The Hall–Kier alpha value is -1.36. The number of aliphatic hydroxyl groups excluding tert-OH is 1. The average molecular weight is 356 g/mol. The average Bonchev–Trinajstić information content (AvgIpc) is 3.25. The van der Waals surface area contributed by atoms with Gasteiger partial charge in [0.1, 0.15) is 19.1 Å². The van der Waals surface area contributed by atoms with Crippen LogP contribution >= 0.6 is 0 Å². The minimum absolute atomic E-state index is 0.151. The van der Waals surface area contributed by atoms with E-state index in [1.807, 2.05) is 0 Å². The number of aliphatic hydroxyl groups is 1. The summed E-state index contributed by atoms with van der Waals surface area (Å²) in [6.45, 7) is 8.85. The molecule has 4 nitrogen and oxygen atoms in total. The molecule has 1 saturated heterocycles. The van der Waals surface area contributed by atoms with Gasteiger partial charge < -0.3 is 19.5 Å². The number of benzene rings is 1. The zero-order valence-electron chi connectivity index (χ0n) is 16.1. The van der Waals surface area contributed by atoms with Gasteiger partial charge in [-0.15, -0.1) is 0 Å². The van der Waals surface area contributed by atoms with E-state index in [-0.39, 0.29) is 6.10 Å². The molecule has 1 fully saturated rings. The number of quaternary nitrogens is 2. The zero-order valence-corrected chi connectivity index (χ0v) is 16.1. The first-order valence-electron chi connectivity index (χ1n) is 10.7. The van der Waals surface area contributed by atoms with Crippen molar-refractivity contribution in [3.8, 4) is 0 Å². The number of rotatable bonds is 4. The minimum atomic E-state index is -0.151. The standard InChI is InChI=1S/C22H31N3O/c1-16-7-8-20-19(13-16)18-5-4-6-21-22(18)25(20)12-11-24(21)15-17(26)14-23-9-2-3-10-23/h7-8,13,17,21,26H,2-6,9-12,14-15H2,1H3/p+2/t17-,21+/m1/s1. The number of hydrogen-bond acceptors (Lipinski definition) is 1. The van der Waals surface area contributed by atoms with E-state index in [4.69, 9.17) is 0 Å². The SMILES string of the molecule is Cc1ccc2c(c1)c1c3n2CC[NH+](C[C@H](O)C[NH+]2CCCC2)[C@H]3CCC1. The van der Waals surface area contributed by atoms with Gasteiger partial charge in [-0.3, -0.25) is 0 Å². The van der Waals surface area contributed by atoms with Gasteiger partial charge in [0.15, 0.2) is 6.10 Å². The second-order valence-electron chi connectivity index (χ2n) is 8.91. The van der Waals surface area contributed by atoms with Crippen LogP contribution in [0.4, 0.5) is 0 Å². The van der Waals surface area contributed by atoms with Crippen molar-refractivity contribution in [3.05, 3.63) is 35.0 Å². The lowest BCUT2D eigenvalue weighted by molar-refractivity contribution is -0.947. The van der Waals surface area contributed by atoms with Crippen molar-refractivity contribution in [1.29, 1.82) is 0 Å². The molecular formula is C22H33N3O+2. The van der Waals surface area contributed by atoms with Gasteiger partial charge in [0.2, 0.25) is 0 Å². The molecule has 1 aromatic heterocycles. The van der Waals surface area contributed by atoms with E-state index >= 15 is 0 Å². The van der Waals surface area contributed by atoms with Crippen LogP contribution in [-0.2, 0) is 13.0 Å². The molecule has 0 amide bonds. The topological polar surface area (TPSA) is 34.0 Å². The lowest BCUT2D eigenvalue weighted by atomic mass is 9.89. The molecule has 4 heteroatoms. The van der Waals surface area contributed by atoms with Crippen LogP contribution in [0.15, 0.2) is 18.2 Å². The molecule has 140 valence electrons. The maximum Gasteiger partial charge on any atom is 0.152 e. The van der Waals surface area contributed by atoms with Crippen LogP contribution < -0.4 is 9.80 Å². The van der Waals surface area contributed by atoms with Crippen molar-refractivity contribution in [1.82, 2.24) is 4.57 Å². The summed E-state index contributed by atoms with van der Waals surface area (Å²) >= 11 is 0. The summed E-state index contributed by atoms with van der Waals surface area (Å²) in [6, 6.07) is 7.57. The zero-order chi connectivity index (χ0) is 17.7. The molecule has 3 atom stereocenters. The highest BCUT2D eigenvalue weighted by Crippen LogP contribution is 2.37. The first-order valence-corrected chi connectivity index (χ1v) is 10.7. The summed E-state index contributed by atoms with van der Waals surface area (Å²) in [5.41, 5.74) is 6.01. The smallest absolute Gasteiger partial charge is 0.152 e. The van der Waals surface area contributed by atoms with E-state index in [1.165, 1.54) is 61.7 Å². The van der Waals surface area contributed by atoms with Gasteiger partial charge in [0.05, 0.1) is 31.9 Å². The normalized spacial score (nSPS) is 27.0. The van der Waals surface area contributed by atoms with Gasteiger partial charge in [-0.1, -0.05) is 11.6 Å². The first-order chi connectivity index (χ1) is 12.7. The van der Waals surface area contributed by atoms with Gasteiger partial charge in [-0.05, 0) is 37.5 Å². The third-order valence-corrected chi connectivity index (χ3v) is 7.10. The lowest BCUT2D eigenvalue weighted by Gasteiger charge is -2.38. The number of likely N-dealkylation sites (tertiary alicyclic amines) is 1. The van der Waals surface area contributed by atoms with Crippen molar-refractivity contribution >= 4 is 10.9 Å². The molecule has 0 radical (unpaired) electrons. The number of aryl methyl sites for hydroxylation is 2. The molecular weight excluding hydrogens is 322 g/mol. The van der Waals surface area contributed by atoms with Crippen molar-refractivity contribution in [2.24, 2.45) is 0 Å². The monoisotopic (exact) mass is 355 g/mol. The molecule has 1 aliphatic carbocycles. The van der Waals surface area contributed by atoms with Crippen molar-refractivity contribution < 1.29 is 14.9 Å². The molecule has 0 saturated carbocycles. The van der Waals surface area contributed by atoms with Crippen LogP contribution in [0.25, 0.3) is 10.9 Å². The third-order valence-electron chi connectivity index (χ3n) is 7.10. The summed E-state index contributed by atoms with van der Waals surface area (Å²) in [5.74, 6) is 0. The third kappa shape index (κ3) is 2.79. The highest BCUT2D eigenvalue weighted by molar-refractivity contribution is 5.86. The quantitative estimate of drug-likeness (QED) is 0.723. The van der Waals surface area contributed by atoms with Crippen LogP contribution in [-0.4, -0.2) is 48.5 Å². The van der Waals surface area contributed by atoms with Gasteiger partial charge in [-0.2, -0.15) is 0 Å². The summed E-state index contributed by atoms with van der Waals surface area (Å²) in [4.78, 5) is 3.24. The molecule has 1 aromatic carbocycles. The number of hydrogen-bond donors (Lipinski definition) is 3. The van der Waals surface area contributed by atoms with Gasteiger partial charge >= 0.3 is 0 Å². The molecule has 3 heterocycles. The molecule has 26 heavy (non-hydrogen) atoms. The Morgan fingerprint density at radius 1 is 1.15 bits per heavy atom. The predicted molar refractivity (Wildman–Crippen MR) is 104 cm³/mol. The highest BCUT2D eigenvalue weighted by atomic mass is 16.3. The molecule has 1 unspecified atom stereocenters. The van der Waals surface area contributed by atoms with E-state index in [2.05, 4.69) is 29.7 Å². The van der Waals surface area contributed by atoms with Crippen molar-refractivity contribution in [3.63, 3.8) is 0 Å².